The van der Waals surface area contributed by atoms with Gasteiger partial charge in [0.1, 0.15) is 48.0 Å². The number of hydrogen-bond acceptors (Lipinski definition) is 16. The van der Waals surface area contributed by atoms with Gasteiger partial charge < -0.3 is 83.9 Å². The van der Waals surface area contributed by atoms with Crippen molar-refractivity contribution >= 4 is 70.9 Å². The van der Waals surface area contributed by atoms with Crippen LogP contribution in [0.1, 0.15) is 158 Å². The molecule has 0 radical (unpaired) electrons. The van der Waals surface area contributed by atoms with Gasteiger partial charge in [-0.15, -0.1) is 0 Å². The SMILES string of the molecule is C/C=C1/NC(=O)[C@H](C(C)C)NC(=O)[C@H](O)[C@@H]([C@@H](C)CCCCCCCCCCCC)NC(=O)[C@@H]2CCCN2C(=O)[C@H](CC(N)=O)N(C)C(=O)[C@H](C(C)OC)NC(=O)CNC(=O)[C@H](CCC(N)=O)NC(=O)[C@H]([C@H](C)O)NC(=O)[C@H]([C@H](C)O)NC1=O. The first-order valence-corrected chi connectivity index (χ1v) is 29.3. The molecule has 13 atom stereocenters. The van der Waals surface area contributed by atoms with Crippen LogP contribution in [-0.4, -0.2) is 196 Å². The summed E-state index contributed by atoms with van der Waals surface area (Å²) in [5, 5.41) is 52.7. The molecule has 0 aromatic rings. The van der Waals surface area contributed by atoms with Gasteiger partial charge >= 0.3 is 0 Å². The molecule has 0 saturated carbocycles. The molecule has 12 amide bonds. The Hall–Kier alpha value is -6.78. The summed E-state index contributed by atoms with van der Waals surface area (Å²) in [6.45, 7) is 11.1. The van der Waals surface area contributed by atoms with Crippen molar-refractivity contribution in [3.63, 3.8) is 0 Å². The van der Waals surface area contributed by atoms with Gasteiger partial charge in [0.25, 0.3) is 11.8 Å². The number of nitrogens with zero attached hydrogens (tertiary/aromatic N) is 2. The van der Waals surface area contributed by atoms with Crippen molar-refractivity contribution in [1.82, 2.24) is 52.3 Å². The molecule has 0 spiro atoms. The van der Waals surface area contributed by atoms with E-state index in [4.69, 9.17) is 16.2 Å². The lowest BCUT2D eigenvalue weighted by atomic mass is 9.90. The van der Waals surface area contributed by atoms with E-state index >= 15 is 0 Å². The standard InChI is InChI=1S/C56H96N12O16/c1-11-13-14-15-16-17-18-19-20-21-23-31(5)43-47(74)54(81)63-42(30(3)4)51(78)60-35(12-2)49(76)65-45(33(7)70)53(80)66-44(32(6)69)52(79)61-36(25-26-39(57)71)48(75)59-29-41(73)62-46(34(8)84-10)56(83)67(9)38(28-40(58)72)55(82)68-27-22-24-37(68)50(77)64-43/h12,30-34,36-38,42-47,69-70,74H,11,13-29H2,1-10H3,(H2,57,71)(H2,58,72)(H,59,75)(H,60,78)(H,61,79)(H,62,73)(H,63,81)(H,64,77)(H,65,76)(H,66,80)/b35-12+/t31-,32-,33-,34?,36-,37-,38-,42-,43+,44-,45-,46-,47+/m0/s1. The zero-order valence-corrected chi connectivity index (χ0v) is 50.6. The zero-order valence-electron chi connectivity index (χ0n) is 50.6. The van der Waals surface area contributed by atoms with Gasteiger partial charge in [0.15, 0.2) is 6.10 Å². The highest BCUT2D eigenvalue weighted by molar-refractivity contribution is 6.03. The fourth-order valence-electron chi connectivity index (χ4n) is 9.90. The van der Waals surface area contributed by atoms with Crippen molar-refractivity contribution < 1.29 is 77.6 Å². The number of carbonyl (C=O) groups excluding carboxylic acids is 12. The van der Waals surface area contributed by atoms with E-state index in [-0.39, 0.29) is 19.4 Å². The maximum atomic E-state index is 14.7. The first kappa shape index (κ1) is 73.3. The molecule has 0 aliphatic carbocycles. The van der Waals surface area contributed by atoms with Gasteiger partial charge in [0, 0.05) is 27.1 Å². The molecule has 0 bridgehead atoms. The monoisotopic (exact) mass is 1190 g/mol. The number of amides is 12. The number of primary amides is 2. The van der Waals surface area contributed by atoms with Gasteiger partial charge in [-0.3, -0.25) is 57.5 Å². The lowest BCUT2D eigenvalue weighted by Crippen LogP contribution is -2.62. The Kier molecular flexibility index (Phi) is 32.1. The van der Waals surface area contributed by atoms with Gasteiger partial charge in [-0.25, -0.2) is 0 Å². The number of hydrogen-bond donors (Lipinski definition) is 13. The van der Waals surface area contributed by atoms with Crippen LogP contribution in [0.4, 0.5) is 0 Å². The number of methoxy groups -OCH3 is 1. The largest absolute Gasteiger partial charge is 0.391 e. The van der Waals surface area contributed by atoms with Crippen molar-refractivity contribution in [1.29, 1.82) is 0 Å². The van der Waals surface area contributed by atoms with Gasteiger partial charge in [0.2, 0.25) is 59.1 Å². The summed E-state index contributed by atoms with van der Waals surface area (Å²) in [5.41, 5.74) is 10.5. The molecule has 2 aliphatic rings. The first-order valence-electron chi connectivity index (χ1n) is 29.3. The number of rotatable bonds is 22. The number of allylic oxidation sites excluding steroid dienone is 1. The van der Waals surface area contributed by atoms with Crippen LogP contribution in [0.3, 0.4) is 0 Å². The van der Waals surface area contributed by atoms with Crippen molar-refractivity contribution in [2.75, 3.05) is 27.2 Å². The highest BCUT2D eigenvalue weighted by Gasteiger charge is 2.44. The van der Waals surface area contributed by atoms with Crippen LogP contribution in [0.15, 0.2) is 11.8 Å². The van der Waals surface area contributed by atoms with Gasteiger partial charge in [-0.05, 0) is 65.2 Å². The Bertz CT molecular complexity index is 2300. The van der Waals surface area contributed by atoms with E-state index in [1.54, 1.807) is 20.8 Å². The highest BCUT2D eigenvalue weighted by Crippen LogP contribution is 2.25. The first-order chi connectivity index (χ1) is 39.5. The molecule has 0 aromatic heterocycles. The number of nitrogens with one attached hydrogen (secondary N) is 8. The number of aliphatic hydroxyl groups excluding tert-OH is 3. The van der Waals surface area contributed by atoms with Crippen LogP contribution in [0.5, 0.6) is 0 Å². The van der Waals surface area contributed by atoms with Crippen molar-refractivity contribution in [3.05, 3.63) is 11.8 Å². The molecule has 2 saturated heterocycles. The minimum atomic E-state index is -2.01. The molecule has 2 fully saturated rings. The number of aliphatic hydroxyl groups is 3. The number of fused-ring (bicyclic) bond motifs is 1. The summed E-state index contributed by atoms with van der Waals surface area (Å²) in [4.78, 5) is 167. The topological polar surface area (TPSA) is 430 Å². The Labute approximate surface area is 492 Å². The summed E-state index contributed by atoms with van der Waals surface area (Å²) in [6, 6.07) is -12.7. The molecule has 28 heteroatoms. The molecule has 0 aromatic carbocycles. The van der Waals surface area contributed by atoms with E-state index in [2.05, 4.69) is 49.5 Å². The van der Waals surface area contributed by atoms with Gasteiger partial charge in [-0.1, -0.05) is 98.0 Å². The summed E-state index contributed by atoms with van der Waals surface area (Å²) < 4.78 is 5.41. The van der Waals surface area contributed by atoms with Crippen molar-refractivity contribution in [2.24, 2.45) is 23.3 Å². The highest BCUT2D eigenvalue weighted by atomic mass is 16.5. The number of ether oxygens (including phenoxy) is 1. The molecule has 476 valence electrons. The smallest absolute Gasteiger partial charge is 0.268 e. The number of carbonyl (C=O) groups is 12. The predicted molar refractivity (Wildman–Crippen MR) is 306 cm³/mol. The van der Waals surface area contributed by atoms with E-state index in [0.29, 0.717) is 12.8 Å². The second kappa shape index (κ2) is 36.8. The molecule has 15 N–H and O–H groups in total. The fourth-order valence-corrected chi connectivity index (χ4v) is 9.90. The van der Waals surface area contributed by atoms with Crippen LogP contribution in [-0.2, 0) is 62.3 Å². The lowest BCUT2D eigenvalue weighted by Gasteiger charge is -2.36. The predicted octanol–water partition coefficient (Wildman–Crippen LogP) is -2.24. The molecule has 1 unspecified atom stereocenters. The Balaban J connectivity index is 2.77. The number of unbranched alkanes of at least 4 members (excludes halogenated alkanes) is 9. The maximum Gasteiger partial charge on any atom is 0.268 e. The molecular formula is C56H96N12O16. The summed E-state index contributed by atoms with van der Waals surface area (Å²) in [7, 11) is 2.39. The number of likely N-dealkylation sites (N-methyl/N-ethyl adjacent to an activating group) is 1. The van der Waals surface area contributed by atoms with E-state index in [0.717, 1.165) is 68.2 Å². The molecule has 28 nitrogen and oxygen atoms in total. The lowest BCUT2D eigenvalue weighted by molar-refractivity contribution is -0.151. The molecule has 84 heavy (non-hydrogen) atoms. The van der Waals surface area contributed by atoms with E-state index in [1.165, 1.54) is 47.3 Å². The summed E-state index contributed by atoms with van der Waals surface area (Å²) in [5.74, 6) is -13.6. The molecular weight excluding hydrogens is 1100 g/mol. The van der Waals surface area contributed by atoms with Crippen LogP contribution < -0.4 is 54.0 Å². The average molecular weight is 1190 g/mol. The van der Waals surface area contributed by atoms with E-state index in [1.807, 2.05) is 0 Å². The number of nitrogens with two attached hydrogens (primary N) is 2. The van der Waals surface area contributed by atoms with Gasteiger partial charge in [-0.2, -0.15) is 0 Å². The third-order valence-electron chi connectivity index (χ3n) is 15.2. The maximum absolute atomic E-state index is 14.7. The van der Waals surface area contributed by atoms with Crippen LogP contribution in [0.2, 0.25) is 0 Å². The van der Waals surface area contributed by atoms with E-state index in [9.17, 15) is 72.9 Å². The Morgan fingerprint density at radius 2 is 1.24 bits per heavy atom. The summed E-state index contributed by atoms with van der Waals surface area (Å²) in [6.07, 6.45) is 4.05. The third-order valence-corrected chi connectivity index (χ3v) is 15.2. The van der Waals surface area contributed by atoms with Crippen molar-refractivity contribution in [2.45, 2.75) is 231 Å². The van der Waals surface area contributed by atoms with Crippen LogP contribution >= 0.6 is 0 Å². The Morgan fingerprint density at radius 1 is 0.679 bits per heavy atom. The molecule has 2 heterocycles. The average Bonchev–Trinajstić information content (AvgIpc) is 4.08. The molecule has 2 rings (SSSR count). The van der Waals surface area contributed by atoms with Gasteiger partial charge in [0.05, 0.1) is 37.3 Å². The third kappa shape index (κ3) is 23.3. The second-order valence-electron chi connectivity index (χ2n) is 22.4. The fraction of sp³-hybridized carbons (Fsp3) is 0.750. The van der Waals surface area contributed by atoms with Crippen LogP contribution in [0, 0.1) is 11.8 Å². The molecule has 2 aliphatic heterocycles. The minimum absolute atomic E-state index is 0.0329. The van der Waals surface area contributed by atoms with Crippen molar-refractivity contribution in [3.8, 4) is 0 Å². The summed E-state index contributed by atoms with van der Waals surface area (Å²) >= 11 is 0. The zero-order chi connectivity index (χ0) is 63.5. The minimum Gasteiger partial charge on any atom is -0.391 e. The van der Waals surface area contributed by atoms with E-state index < -0.39 is 187 Å². The second-order valence-corrected chi connectivity index (χ2v) is 22.4. The Morgan fingerprint density at radius 3 is 1.77 bits per heavy atom. The normalized spacial score (nSPS) is 26.7. The quantitative estimate of drug-likeness (QED) is 0.0403. The van der Waals surface area contributed by atoms with Crippen LogP contribution in [0.25, 0.3) is 0 Å².